The maximum atomic E-state index is 11.9. The zero-order valence-corrected chi connectivity index (χ0v) is 12.0. The van der Waals surface area contributed by atoms with Crippen molar-refractivity contribution in [2.24, 2.45) is 0 Å². The van der Waals surface area contributed by atoms with Crippen LogP contribution < -0.4 is 10.2 Å². The van der Waals surface area contributed by atoms with Crippen molar-refractivity contribution < 1.29 is 14.7 Å². The number of nitrogens with one attached hydrogen (secondary N) is 1. The zero-order chi connectivity index (χ0) is 14.9. The summed E-state index contributed by atoms with van der Waals surface area (Å²) in [6.45, 7) is 5.62. The molecule has 1 saturated heterocycles. The van der Waals surface area contributed by atoms with Crippen molar-refractivity contribution in [1.82, 2.24) is 5.32 Å². The van der Waals surface area contributed by atoms with E-state index in [1.807, 2.05) is 31.2 Å². The fourth-order valence-corrected chi connectivity index (χ4v) is 2.31. The van der Waals surface area contributed by atoms with Crippen LogP contribution in [0.5, 0.6) is 0 Å². The van der Waals surface area contributed by atoms with Gasteiger partial charge in [-0.2, -0.15) is 0 Å². The predicted octanol–water partition coefficient (Wildman–Crippen LogP) is 1.37. The standard InChI is InChI=1S/C15H20N2O3/c1-4-12(18)10-5-7-11(8-6-10)17-9-13(19)16-14(20)15(17,2)3/h5-8,12,18H,4,9H2,1-3H3,(H,16,19,20)/t12-/m1/s1. The van der Waals surface area contributed by atoms with E-state index < -0.39 is 11.6 Å². The second-order valence-electron chi connectivity index (χ2n) is 5.54. The van der Waals surface area contributed by atoms with Crippen LogP contribution in [0.15, 0.2) is 24.3 Å². The topological polar surface area (TPSA) is 69.6 Å². The second-order valence-corrected chi connectivity index (χ2v) is 5.54. The fraction of sp³-hybridized carbons (Fsp3) is 0.467. The lowest BCUT2D eigenvalue weighted by atomic mass is 9.97. The molecule has 0 unspecified atom stereocenters. The van der Waals surface area contributed by atoms with Crippen molar-refractivity contribution in [1.29, 1.82) is 0 Å². The molecule has 1 heterocycles. The number of nitrogens with zero attached hydrogens (tertiary/aromatic N) is 1. The number of anilines is 1. The Bertz CT molecular complexity index is 522. The average Bonchev–Trinajstić information content (AvgIpc) is 2.42. The summed E-state index contributed by atoms with van der Waals surface area (Å²) in [5.41, 5.74) is 0.853. The molecule has 0 spiro atoms. The summed E-state index contributed by atoms with van der Waals surface area (Å²) in [7, 11) is 0. The maximum Gasteiger partial charge on any atom is 0.251 e. The van der Waals surface area contributed by atoms with Crippen LogP contribution in [0.4, 0.5) is 5.69 Å². The van der Waals surface area contributed by atoms with Crippen LogP contribution in [0, 0.1) is 0 Å². The Morgan fingerprint density at radius 1 is 1.30 bits per heavy atom. The van der Waals surface area contributed by atoms with E-state index >= 15 is 0 Å². The molecule has 5 heteroatoms. The van der Waals surface area contributed by atoms with E-state index in [1.54, 1.807) is 18.7 Å². The summed E-state index contributed by atoms with van der Waals surface area (Å²) < 4.78 is 0. The highest BCUT2D eigenvalue weighted by molar-refractivity contribution is 6.06. The number of aliphatic hydroxyl groups is 1. The zero-order valence-electron chi connectivity index (χ0n) is 12.0. The molecule has 1 atom stereocenters. The first-order chi connectivity index (χ1) is 9.36. The summed E-state index contributed by atoms with van der Waals surface area (Å²) in [6.07, 6.45) is 0.165. The molecule has 0 radical (unpaired) electrons. The first-order valence-electron chi connectivity index (χ1n) is 6.76. The molecule has 0 saturated carbocycles. The van der Waals surface area contributed by atoms with Crippen molar-refractivity contribution >= 4 is 17.5 Å². The van der Waals surface area contributed by atoms with Gasteiger partial charge >= 0.3 is 0 Å². The summed E-state index contributed by atoms with van der Waals surface area (Å²) in [4.78, 5) is 25.2. The number of imide groups is 1. The maximum absolute atomic E-state index is 11.9. The number of rotatable bonds is 3. The minimum Gasteiger partial charge on any atom is -0.388 e. The van der Waals surface area contributed by atoms with Gasteiger partial charge < -0.3 is 10.0 Å². The Kier molecular flexibility index (Phi) is 3.81. The van der Waals surface area contributed by atoms with Gasteiger partial charge in [-0.3, -0.25) is 14.9 Å². The van der Waals surface area contributed by atoms with Gasteiger partial charge in [0.15, 0.2) is 0 Å². The number of piperazine rings is 1. The van der Waals surface area contributed by atoms with E-state index in [4.69, 9.17) is 0 Å². The number of carbonyl (C=O) groups excluding carboxylic acids is 2. The molecule has 5 nitrogen and oxygen atoms in total. The first-order valence-corrected chi connectivity index (χ1v) is 6.76. The van der Waals surface area contributed by atoms with E-state index in [2.05, 4.69) is 5.32 Å². The van der Waals surface area contributed by atoms with E-state index in [0.29, 0.717) is 6.42 Å². The number of amides is 2. The molecule has 2 N–H and O–H groups in total. The van der Waals surface area contributed by atoms with Gasteiger partial charge in [0.1, 0.15) is 5.54 Å². The highest BCUT2D eigenvalue weighted by atomic mass is 16.3. The molecular formula is C15H20N2O3. The number of benzene rings is 1. The molecule has 2 amide bonds. The van der Waals surface area contributed by atoms with Gasteiger partial charge in [-0.1, -0.05) is 19.1 Å². The first kappa shape index (κ1) is 14.5. The molecule has 108 valence electrons. The lowest BCUT2D eigenvalue weighted by molar-refractivity contribution is -0.135. The fourth-order valence-electron chi connectivity index (χ4n) is 2.31. The molecule has 0 aromatic heterocycles. The quantitative estimate of drug-likeness (QED) is 0.818. The summed E-state index contributed by atoms with van der Waals surface area (Å²) in [5, 5.41) is 12.1. The van der Waals surface area contributed by atoms with Gasteiger partial charge in [-0.25, -0.2) is 0 Å². The van der Waals surface area contributed by atoms with Gasteiger partial charge in [-0.15, -0.1) is 0 Å². The third-order valence-electron chi connectivity index (χ3n) is 3.76. The van der Waals surface area contributed by atoms with Gasteiger partial charge in [0.25, 0.3) is 5.91 Å². The van der Waals surface area contributed by atoms with Crippen molar-refractivity contribution in [3.63, 3.8) is 0 Å². The van der Waals surface area contributed by atoms with Crippen LogP contribution >= 0.6 is 0 Å². The molecule has 1 aromatic rings. The third kappa shape index (κ3) is 2.54. The van der Waals surface area contributed by atoms with Crippen LogP contribution in [-0.2, 0) is 9.59 Å². The van der Waals surface area contributed by atoms with Crippen LogP contribution in [0.2, 0.25) is 0 Å². The number of hydrogen-bond donors (Lipinski definition) is 2. The number of carbonyl (C=O) groups is 2. The molecule has 1 aromatic carbocycles. The summed E-state index contributed by atoms with van der Waals surface area (Å²) in [6, 6.07) is 7.33. The van der Waals surface area contributed by atoms with Crippen molar-refractivity contribution in [2.45, 2.75) is 38.8 Å². The molecule has 0 bridgehead atoms. The van der Waals surface area contributed by atoms with Crippen molar-refractivity contribution in [2.75, 3.05) is 11.4 Å². The van der Waals surface area contributed by atoms with Crippen LogP contribution in [0.25, 0.3) is 0 Å². The van der Waals surface area contributed by atoms with Gasteiger partial charge in [0.05, 0.1) is 12.6 Å². The summed E-state index contributed by atoms with van der Waals surface area (Å²) >= 11 is 0. The largest absolute Gasteiger partial charge is 0.388 e. The molecule has 20 heavy (non-hydrogen) atoms. The Balaban J connectivity index is 2.30. The normalized spacial score (nSPS) is 19.7. The van der Waals surface area contributed by atoms with E-state index in [1.165, 1.54) is 0 Å². The predicted molar refractivity (Wildman–Crippen MR) is 76.3 cm³/mol. The Morgan fingerprint density at radius 3 is 2.45 bits per heavy atom. The monoisotopic (exact) mass is 276 g/mol. The minimum atomic E-state index is -0.779. The van der Waals surface area contributed by atoms with Crippen LogP contribution in [-0.4, -0.2) is 29.0 Å². The summed E-state index contributed by atoms with van der Waals surface area (Å²) in [5.74, 6) is -0.599. The smallest absolute Gasteiger partial charge is 0.251 e. The average molecular weight is 276 g/mol. The Labute approximate surface area is 118 Å². The molecule has 1 aliphatic heterocycles. The minimum absolute atomic E-state index is 0.147. The second kappa shape index (κ2) is 5.25. The molecule has 1 aliphatic rings. The number of aliphatic hydroxyl groups excluding tert-OH is 1. The van der Waals surface area contributed by atoms with E-state index in [0.717, 1.165) is 11.3 Å². The number of hydrogen-bond acceptors (Lipinski definition) is 4. The SMILES string of the molecule is CC[C@@H](O)c1ccc(N2CC(=O)NC(=O)C2(C)C)cc1. The molecule has 0 aliphatic carbocycles. The van der Waals surface area contributed by atoms with Gasteiger partial charge in [-0.05, 0) is 38.0 Å². The Hall–Kier alpha value is -1.88. The molecule has 1 fully saturated rings. The van der Waals surface area contributed by atoms with E-state index in [-0.39, 0.29) is 18.4 Å². The van der Waals surface area contributed by atoms with Gasteiger partial charge in [0, 0.05) is 5.69 Å². The van der Waals surface area contributed by atoms with Crippen molar-refractivity contribution in [3.05, 3.63) is 29.8 Å². The highest BCUT2D eigenvalue weighted by Gasteiger charge is 2.40. The Morgan fingerprint density at radius 2 is 1.90 bits per heavy atom. The lowest BCUT2D eigenvalue weighted by Crippen LogP contribution is -2.64. The van der Waals surface area contributed by atoms with Crippen LogP contribution in [0.3, 0.4) is 0 Å². The highest BCUT2D eigenvalue weighted by Crippen LogP contribution is 2.28. The van der Waals surface area contributed by atoms with Crippen LogP contribution in [0.1, 0.15) is 38.9 Å². The van der Waals surface area contributed by atoms with Gasteiger partial charge in [0.2, 0.25) is 5.91 Å². The lowest BCUT2D eigenvalue weighted by Gasteiger charge is -2.41. The third-order valence-corrected chi connectivity index (χ3v) is 3.76. The molecule has 2 rings (SSSR count). The molecular weight excluding hydrogens is 256 g/mol. The van der Waals surface area contributed by atoms with Crippen molar-refractivity contribution in [3.8, 4) is 0 Å². The van der Waals surface area contributed by atoms with E-state index in [9.17, 15) is 14.7 Å².